The van der Waals surface area contributed by atoms with Crippen LogP contribution in [0.2, 0.25) is 0 Å². The number of amides is 1. The van der Waals surface area contributed by atoms with Gasteiger partial charge in [0.05, 0.1) is 32.3 Å². The quantitative estimate of drug-likeness (QED) is 0.587. The van der Waals surface area contributed by atoms with E-state index in [9.17, 15) is 9.59 Å². The molecule has 1 fully saturated rings. The van der Waals surface area contributed by atoms with Crippen LogP contribution in [0.4, 0.5) is 0 Å². The summed E-state index contributed by atoms with van der Waals surface area (Å²) in [7, 11) is 0. The Hall–Kier alpha value is -3.04. The summed E-state index contributed by atoms with van der Waals surface area (Å²) in [4.78, 5) is 36.0. The van der Waals surface area contributed by atoms with Crippen molar-refractivity contribution in [2.75, 3.05) is 32.8 Å². The van der Waals surface area contributed by atoms with Crippen molar-refractivity contribution in [3.05, 3.63) is 58.9 Å². The molecule has 4 rings (SSSR count). The normalized spacial score (nSPS) is 15.8. The summed E-state index contributed by atoms with van der Waals surface area (Å²) < 4.78 is 9.04. The SMILES string of the molecule is CCC(=O)NCCC(N1CCOCC1)n1cnc2c(=O)n(Cc3ccccc3)cnc21. The summed E-state index contributed by atoms with van der Waals surface area (Å²) in [5, 5.41) is 2.94. The van der Waals surface area contributed by atoms with Gasteiger partial charge in [0.15, 0.2) is 11.2 Å². The van der Waals surface area contributed by atoms with E-state index in [4.69, 9.17) is 4.74 Å². The highest BCUT2D eigenvalue weighted by atomic mass is 16.5. The highest BCUT2D eigenvalue weighted by Gasteiger charge is 2.25. The Labute approximate surface area is 180 Å². The van der Waals surface area contributed by atoms with Crippen LogP contribution in [0.5, 0.6) is 0 Å². The number of morpholine rings is 1. The average Bonchev–Trinajstić information content (AvgIpc) is 3.24. The first-order valence-electron chi connectivity index (χ1n) is 10.7. The third kappa shape index (κ3) is 4.83. The molecule has 1 atom stereocenters. The average molecular weight is 425 g/mol. The highest BCUT2D eigenvalue weighted by molar-refractivity contribution is 5.75. The Bertz CT molecular complexity index is 1070. The van der Waals surface area contributed by atoms with Crippen LogP contribution in [0.1, 0.15) is 31.5 Å². The smallest absolute Gasteiger partial charge is 0.281 e. The number of rotatable bonds is 8. The fourth-order valence-corrected chi connectivity index (χ4v) is 3.90. The first kappa shape index (κ1) is 21.2. The van der Waals surface area contributed by atoms with E-state index in [0.717, 1.165) is 18.7 Å². The highest BCUT2D eigenvalue weighted by Crippen LogP contribution is 2.22. The molecule has 9 heteroatoms. The molecule has 3 heterocycles. The molecule has 0 saturated carbocycles. The number of hydrogen-bond donors (Lipinski definition) is 1. The van der Waals surface area contributed by atoms with Gasteiger partial charge < -0.3 is 10.1 Å². The van der Waals surface area contributed by atoms with Gasteiger partial charge in [0.1, 0.15) is 6.33 Å². The summed E-state index contributed by atoms with van der Waals surface area (Å²) >= 11 is 0. The van der Waals surface area contributed by atoms with Gasteiger partial charge >= 0.3 is 0 Å². The molecule has 1 saturated heterocycles. The molecular formula is C22H28N6O3. The summed E-state index contributed by atoms with van der Waals surface area (Å²) in [6.07, 6.45) is 4.35. The van der Waals surface area contributed by atoms with Gasteiger partial charge in [-0.2, -0.15) is 0 Å². The zero-order chi connectivity index (χ0) is 21.6. The minimum atomic E-state index is -0.160. The van der Waals surface area contributed by atoms with Gasteiger partial charge in [-0.3, -0.25) is 23.6 Å². The zero-order valence-electron chi connectivity index (χ0n) is 17.7. The maximum Gasteiger partial charge on any atom is 0.281 e. The maximum atomic E-state index is 13.0. The van der Waals surface area contributed by atoms with E-state index in [1.807, 2.05) is 41.8 Å². The van der Waals surface area contributed by atoms with Crippen molar-refractivity contribution in [1.29, 1.82) is 0 Å². The number of carbonyl (C=O) groups excluding carboxylic acids is 1. The third-order valence-electron chi connectivity index (χ3n) is 5.58. The second-order valence-corrected chi connectivity index (χ2v) is 7.61. The van der Waals surface area contributed by atoms with Crippen LogP contribution in [0.15, 0.2) is 47.8 Å². The van der Waals surface area contributed by atoms with Crippen molar-refractivity contribution in [2.24, 2.45) is 0 Å². The molecule has 0 bridgehead atoms. The van der Waals surface area contributed by atoms with Gasteiger partial charge in [-0.1, -0.05) is 37.3 Å². The van der Waals surface area contributed by atoms with Crippen molar-refractivity contribution >= 4 is 17.1 Å². The summed E-state index contributed by atoms with van der Waals surface area (Å²) in [5.74, 6) is 0.0261. The number of fused-ring (bicyclic) bond motifs is 1. The number of benzene rings is 1. The van der Waals surface area contributed by atoms with Gasteiger partial charge in [0, 0.05) is 26.1 Å². The van der Waals surface area contributed by atoms with Crippen LogP contribution >= 0.6 is 0 Å². The summed E-state index contributed by atoms with van der Waals surface area (Å²) in [6, 6.07) is 9.81. The van der Waals surface area contributed by atoms with Crippen LogP contribution in [-0.4, -0.2) is 62.8 Å². The summed E-state index contributed by atoms with van der Waals surface area (Å²) in [5.41, 5.74) is 1.79. The van der Waals surface area contributed by atoms with E-state index < -0.39 is 0 Å². The van der Waals surface area contributed by atoms with E-state index >= 15 is 0 Å². The van der Waals surface area contributed by atoms with Gasteiger partial charge in [0.2, 0.25) is 5.91 Å². The number of hydrogen-bond acceptors (Lipinski definition) is 6. The minimum Gasteiger partial charge on any atom is -0.379 e. The molecule has 0 aliphatic carbocycles. The first-order chi connectivity index (χ1) is 15.2. The van der Waals surface area contributed by atoms with Crippen molar-refractivity contribution in [2.45, 2.75) is 32.5 Å². The van der Waals surface area contributed by atoms with E-state index in [-0.39, 0.29) is 17.6 Å². The van der Waals surface area contributed by atoms with Crippen molar-refractivity contribution in [3.63, 3.8) is 0 Å². The fourth-order valence-electron chi connectivity index (χ4n) is 3.90. The molecule has 0 spiro atoms. The Morgan fingerprint density at radius 3 is 2.68 bits per heavy atom. The lowest BCUT2D eigenvalue weighted by Gasteiger charge is -2.35. The van der Waals surface area contributed by atoms with Crippen LogP contribution in [0, 0.1) is 0 Å². The number of imidazole rings is 1. The molecule has 1 unspecified atom stereocenters. The third-order valence-corrected chi connectivity index (χ3v) is 5.58. The number of aromatic nitrogens is 4. The van der Waals surface area contributed by atoms with Crippen LogP contribution < -0.4 is 10.9 Å². The molecule has 1 aromatic carbocycles. The Kier molecular flexibility index (Phi) is 6.73. The Morgan fingerprint density at radius 2 is 1.94 bits per heavy atom. The topological polar surface area (TPSA) is 94.3 Å². The Balaban J connectivity index is 1.62. The lowest BCUT2D eigenvalue weighted by Crippen LogP contribution is -2.42. The maximum absolute atomic E-state index is 13.0. The van der Waals surface area contributed by atoms with Crippen molar-refractivity contribution < 1.29 is 9.53 Å². The number of ether oxygens (including phenoxy) is 1. The Morgan fingerprint density at radius 1 is 1.16 bits per heavy atom. The second-order valence-electron chi connectivity index (χ2n) is 7.61. The first-order valence-corrected chi connectivity index (χ1v) is 10.7. The predicted octanol–water partition coefficient (Wildman–Crippen LogP) is 1.39. The molecule has 1 aliphatic heterocycles. The lowest BCUT2D eigenvalue weighted by atomic mass is 10.2. The van der Waals surface area contributed by atoms with Crippen molar-refractivity contribution in [3.8, 4) is 0 Å². The molecular weight excluding hydrogens is 396 g/mol. The van der Waals surface area contributed by atoms with E-state index in [0.29, 0.717) is 50.3 Å². The molecule has 0 radical (unpaired) electrons. The van der Waals surface area contributed by atoms with Gasteiger partial charge in [-0.25, -0.2) is 9.97 Å². The van der Waals surface area contributed by atoms with Gasteiger partial charge in [-0.15, -0.1) is 0 Å². The predicted molar refractivity (Wildman–Crippen MR) is 117 cm³/mol. The minimum absolute atomic E-state index is 0.0261. The molecule has 164 valence electrons. The molecule has 1 amide bonds. The van der Waals surface area contributed by atoms with Crippen molar-refractivity contribution in [1.82, 2.24) is 29.3 Å². The molecule has 2 aromatic heterocycles. The van der Waals surface area contributed by atoms with Crippen LogP contribution in [0.3, 0.4) is 0 Å². The van der Waals surface area contributed by atoms with Crippen LogP contribution in [-0.2, 0) is 16.1 Å². The molecule has 31 heavy (non-hydrogen) atoms. The van der Waals surface area contributed by atoms with Gasteiger partial charge in [0.25, 0.3) is 5.56 Å². The lowest BCUT2D eigenvalue weighted by molar-refractivity contribution is -0.120. The monoisotopic (exact) mass is 424 g/mol. The number of carbonyl (C=O) groups is 1. The molecule has 1 N–H and O–H groups in total. The van der Waals surface area contributed by atoms with Crippen LogP contribution in [0.25, 0.3) is 11.2 Å². The van der Waals surface area contributed by atoms with E-state index in [2.05, 4.69) is 20.2 Å². The fraction of sp³-hybridized carbons (Fsp3) is 0.455. The second kappa shape index (κ2) is 9.84. The van der Waals surface area contributed by atoms with E-state index in [1.165, 1.54) is 0 Å². The van der Waals surface area contributed by atoms with E-state index in [1.54, 1.807) is 17.2 Å². The molecule has 9 nitrogen and oxygen atoms in total. The number of nitrogens with zero attached hydrogens (tertiary/aromatic N) is 5. The number of nitrogens with one attached hydrogen (secondary N) is 1. The largest absolute Gasteiger partial charge is 0.379 e. The molecule has 1 aliphatic rings. The van der Waals surface area contributed by atoms with Gasteiger partial charge in [-0.05, 0) is 12.0 Å². The zero-order valence-corrected chi connectivity index (χ0v) is 17.7. The molecule has 3 aromatic rings. The standard InChI is InChI=1S/C22H28N6O3/c1-2-18(29)23-9-8-19(26-10-12-31-13-11-26)28-16-24-20-21(28)25-15-27(22(20)30)14-17-6-4-3-5-7-17/h3-7,15-16,19H,2,8-14H2,1H3,(H,23,29). The summed E-state index contributed by atoms with van der Waals surface area (Å²) in [6.45, 7) is 5.69.